The molecule has 0 spiro atoms. The van der Waals surface area contributed by atoms with Gasteiger partial charge in [-0.05, 0) is 17.7 Å². The fourth-order valence-corrected chi connectivity index (χ4v) is 1.72. The minimum Gasteiger partial charge on any atom is -0.333 e. The molecule has 2 N–H and O–H groups in total. The maximum atomic E-state index is 13.0. The highest BCUT2D eigenvalue weighted by Crippen LogP contribution is 2.10. The molecule has 0 bridgehead atoms. The van der Waals surface area contributed by atoms with Crippen molar-refractivity contribution in [3.63, 3.8) is 0 Å². The summed E-state index contributed by atoms with van der Waals surface area (Å²) in [5, 5.41) is 2.91. The fourth-order valence-electron chi connectivity index (χ4n) is 1.51. The third kappa shape index (κ3) is 3.12. The number of aromatic amines is 1. The molecular formula is C12H9ClFN3O3. The van der Waals surface area contributed by atoms with Gasteiger partial charge in [0.05, 0.1) is 6.20 Å². The standard InChI is InChI=1S/C12H9ClFN3O3/c13-8-3-1-2-7(4-8)5-15-11(19)17-6-9(14)10(18)16-12(17)20/h1-4,6H,5H2,(H,15,19)(H,16,18,20). The molecule has 0 saturated heterocycles. The van der Waals surface area contributed by atoms with Crippen LogP contribution in [0.3, 0.4) is 0 Å². The third-order valence-corrected chi connectivity index (χ3v) is 2.69. The number of H-pyrrole nitrogens is 1. The number of amides is 1. The van der Waals surface area contributed by atoms with Gasteiger partial charge in [0.2, 0.25) is 5.82 Å². The summed E-state index contributed by atoms with van der Waals surface area (Å²) in [4.78, 5) is 35.6. The monoisotopic (exact) mass is 297 g/mol. The Bertz CT molecular complexity index is 769. The Balaban J connectivity index is 2.15. The quantitative estimate of drug-likeness (QED) is 0.870. The van der Waals surface area contributed by atoms with Crippen LogP contribution in [0.15, 0.2) is 40.1 Å². The van der Waals surface area contributed by atoms with E-state index in [9.17, 15) is 18.8 Å². The third-order valence-electron chi connectivity index (χ3n) is 2.45. The van der Waals surface area contributed by atoms with Crippen LogP contribution in [0.1, 0.15) is 5.56 Å². The number of carbonyl (C=O) groups is 1. The lowest BCUT2D eigenvalue weighted by Gasteiger charge is -2.07. The first-order valence-electron chi connectivity index (χ1n) is 5.51. The van der Waals surface area contributed by atoms with Gasteiger partial charge in [0.1, 0.15) is 0 Å². The molecule has 0 aliphatic rings. The Kier molecular flexibility index (Phi) is 3.99. The van der Waals surface area contributed by atoms with Gasteiger partial charge in [-0.3, -0.25) is 9.78 Å². The summed E-state index contributed by atoms with van der Waals surface area (Å²) in [5.41, 5.74) is -1.47. The number of rotatable bonds is 2. The summed E-state index contributed by atoms with van der Waals surface area (Å²) in [5.74, 6) is -1.22. The smallest absolute Gasteiger partial charge is 0.333 e. The summed E-state index contributed by atoms with van der Waals surface area (Å²) in [6.45, 7) is 0.104. The molecule has 104 valence electrons. The van der Waals surface area contributed by atoms with Crippen molar-refractivity contribution in [3.05, 3.63) is 67.7 Å². The van der Waals surface area contributed by atoms with Crippen molar-refractivity contribution in [2.75, 3.05) is 0 Å². The Labute approximate surface area is 116 Å². The molecule has 6 nitrogen and oxygen atoms in total. The maximum absolute atomic E-state index is 13.0. The second-order valence-electron chi connectivity index (χ2n) is 3.89. The van der Waals surface area contributed by atoms with Crippen molar-refractivity contribution in [3.8, 4) is 0 Å². The second kappa shape index (κ2) is 5.70. The molecule has 2 aromatic rings. The van der Waals surface area contributed by atoms with E-state index in [1.807, 2.05) is 0 Å². The predicted molar refractivity (Wildman–Crippen MR) is 70.4 cm³/mol. The Morgan fingerprint density at radius 3 is 2.85 bits per heavy atom. The van der Waals surface area contributed by atoms with Crippen LogP contribution in [0, 0.1) is 5.82 Å². The molecule has 0 aliphatic heterocycles. The number of hydrogen-bond donors (Lipinski definition) is 2. The Morgan fingerprint density at radius 1 is 1.40 bits per heavy atom. The highest BCUT2D eigenvalue weighted by molar-refractivity contribution is 6.30. The molecular weight excluding hydrogens is 289 g/mol. The molecule has 8 heteroatoms. The minimum absolute atomic E-state index is 0.104. The van der Waals surface area contributed by atoms with Crippen molar-refractivity contribution in [1.29, 1.82) is 0 Å². The zero-order valence-electron chi connectivity index (χ0n) is 10.0. The highest BCUT2D eigenvalue weighted by atomic mass is 35.5. The van der Waals surface area contributed by atoms with Crippen molar-refractivity contribution < 1.29 is 9.18 Å². The summed E-state index contributed by atoms with van der Waals surface area (Å²) in [6.07, 6.45) is 0.536. The molecule has 0 fully saturated rings. The van der Waals surface area contributed by atoms with Gasteiger partial charge < -0.3 is 5.32 Å². The number of nitrogens with one attached hydrogen (secondary N) is 2. The lowest BCUT2D eigenvalue weighted by molar-refractivity contribution is 0.240. The number of carbonyl (C=O) groups excluding carboxylic acids is 1. The first-order valence-corrected chi connectivity index (χ1v) is 5.89. The van der Waals surface area contributed by atoms with Crippen LogP contribution in [-0.4, -0.2) is 15.6 Å². The van der Waals surface area contributed by atoms with Crippen LogP contribution in [0.4, 0.5) is 9.18 Å². The maximum Gasteiger partial charge on any atom is 0.336 e. The van der Waals surface area contributed by atoms with E-state index in [4.69, 9.17) is 11.6 Å². The van der Waals surface area contributed by atoms with E-state index in [2.05, 4.69) is 5.32 Å². The second-order valence-corrected chi connectivity index (χ2v) is 4.33. The van der Waals surface area contributed by atoms with Gasteiger partial charge in [0.25, 0.3) is 5.56 Å². The van der Waals surface area contributed by atoms with E-state index in [0.29, 0.717) is 21.4 Å². The summed E-state index contributed by atoms with van der Waals surface area (Å²) >= 11 is 5.78. The van der Waals surface area contributed by atoms with Gasteiger partial charge in [0.15, 0.2) is 0 Å². The highest BCUT2D eigenvalue weighted by Gasteiger charge is 2.10. The van der Waals surface area contributed by atoms with Gasteiger partial charge in [-0.15, -0.1) is 0 Å². The molecule has 1 aromatic heterocycles. The van der Waals surface area contributed by atoms with Crippen molar-refractivity contribution in [1.82, 2.24) is 14.9 Å². The summed E-state index contributed by atoms with van der Waals surface area (Å²) < 4.78 is 13.5. The number of hydrogen-bond acceptors (Lipinski definition) is 3. The number of halogens is 2. The van der Waals surface area contributed by atoms with E-state index in [-0.39, 0.29) is 6.54 Å². The van der Waals surface area contributed by atoms with Gasteiger partial charge >= 0.3 is 11.7 Å². The molecule has 0 unspecified atom stereocenters. The van der Waals surface area contributed by atoms with Crippen LogP contribution in [0.5, 0.6) is 0 Å². The SMILES string of the molecule is O=C(NCc1cccc(Cl)c1)n1cc(F)c(=O)[nH]c1=O. The molecule has 0 atom stereocenters. The fraction of sp³-hybridized carbons (Fsp3) is 0.0833. The number of benzene rings is 1. The molecule has 1 amide bonds. The molecule has 0 aliphatic carbocycles. The Hall–Kier alpha value is -2.41. The molecule has 0 radical (unpaired) electrons. The first-order chi connectivity index (χ1) is 9.47. The molecule has 2 rings (SSSR count). The summed E-state index contributed by atoms with van der Waals surface area (Å²) in [7, 11) is 0. The van der Waals surface area contributed by atoms with Gasteiger partial charge in [-0.25, -0.2) is 14.2 Å². The zero-order chi connectivity index (χ0) is 14.7. The van der Waals surface area contributed by atoms with Crippen LogP contribution in [-0.2, 0) is 6.54 Å². The van der Waals surface area contributed by atoms with Crippen molar-refractivity contribution >= 4 is 17.6 Å². The Morgan fingerprint density at radius 2 is 2.15 bits per heavy atom. The van der Waals surface area contributed by atoms with Crippen LogP contribution >= 0.6 is 11.6 Å². The minimum atomic E-state index is -1.22. The van der Waals surface area contributed by atoms with E-state index < -0.39 is 23.1 Å². The van der Waals surface area contributed by atoms with E-state index in [1.165, 1.54) is 0 Å². The van der Waals surface area contributed by atoms with E-state index >= 15 is 0 Å². The normalized spacial score (nSPS) is 10.3. The van der Waals surface area contributed by atoms with Crippen molar-refractivity contribution in [2.45, 2.75) is 6.54 Å². The lowest BCUT2D eigenvalue weighted by Crippen LogP contribution is -2.40. The molecule has 1 heterocycles. The number of aromatic nitrogens is 2. The van der Waals surface area contributed by atoms with Crippen LogP contribution < -0.4 is 16.6 Å². The number of nitrogens with zero attached hydrogens (tertiary/aromatic N) is 1. The predicted octanol–water partition coefficient (Wildman–Crippen LogP) is 1.09. The topological polar surface area (TPSA) is 84.0 Å². The van der Waals surface area contributed by atoms with Gasteiger partial charge in [-0.2, -0.15) is 4.39 Å². The molecule has 0 saturated carbocycles. The zero-order valence-corrected chi connectivity index (χ0v) is 10.8. The summed E-state index contributed by atoms with van der Waals surface area (Å²) in [6, 6.07) is 5.88. The van der Waals surface area contributed by atoms with Gasteiger partial charge in [0, 0.05) is 11.6 Å². The van der Waals surface area contributed by atoms with Gasteiger partial charge in [-0.1, -0.05) is 23.7 Å². The van der Waals surface area contributed by atoms with Crippen LogP contribution in [0.2, 0.25) is 5.02 Å². The van der Waals surface area contributed by atoms with E-state index in [0.717, 1.165) is 0 Å². The average Bonchev–Trinajstić information content (AvgIpc) is 2.40. The van der Waals surface area contributed by atoms with Crippen LogP contribution in [0.25, 0.3) is 0 Å². The van der Waals surface area contributed by atoms with E-state index in [1.54, 1.807) is 29.2 Å². The molecule has 20 heavy (non-hydrogen) atoms. The molecule has 1 aromatic carbocycles. The van der Waals surface area contributed by atoms with Crippen molar-refractivity contribution in [2.24, 2.45) is 0 Å². The lowest BCUT2D eigenvalue weighted by atomic mass is 10.2. The first kappa shape index (κ1) is 14.0. The average molecular weight is 298 g/mol. The largest absolute Gasteiger partial charge is 0.336 e.